The molecule has 0 N–H and O–H groups in total. The summed E-state index contributed by atoms with van der Waals surface area (Å²) in [6.07, 6.45) is 0.126. The molecule has 0 aliphatic carbocycles. The number of hydrogen-bond donors (Lipinski definition) is 0. The Balaban J connectivity index is 1.28. The molecule has 2 aliphatic rings. The maximum Gasteiger partial charge on any atom is 0.340 e. The number of benzene rings is 5. The highest BCUT2D eigenvalue weighted by atomic mass is 28.3. The third kappa shape index (κ3) is 6.26. The van der Waals surface area contributed by atoms with Crippen LogP contribution in [-0.2, 0) is 39.4 Å². The molecule has 1 unspecified atom stereocenters. The lowest BCUT2D eigenvalue weighted by Crippen LogP contribution is -2.33. The van der Waals surface area contributed by atoms with Crippen LogP contribution in [0.25, 0.3) is 0 Å². The third-order valence-electron chi connectivity index (χ3n) is 9.02. The first-order chi connectivity index (χ1) is 23.2. The van der Waals surface area contributed by atoms with E-state index in [0.717, 1.165) is 34.0 Å². The van der Waals surface area contributed by atoms with Crippen molar-refractivity contribution in [2.75, 3.05) is 11.5 Å². The van der Waals surface area contributed by atoms with Gasteiger partial charge in [0.2, 0.25) is 0 Å². The number of hydrogen-bond acceptors (Lipinski definition) is 6. The average Bonchev–Trinajstić information content (AvgIpc) is 3.37. The number of carbonyl (C=O) groups is 2. The van der Waals surface area contributed by atoms with Crippen LogP contribution < -0.4 is 9.64 Å². The van der Waals surface area contributed by atoms with E-state index < -0.39 is 13.7 Å². The summed E-state index contributed by atoms with van der Waals surface area (Å²) >= 11 is 0. The van der Waals surface area contributed by atoms with Gasteiger partial charge in [-0.25, -0.2) is 4.79 Å². The molecular weight excluding hydrogens is 615 g/mol. The van der Waals surface area contributed by atoms with Crippen LogP contribution in [0, 0.1) is 0 Å². The van der Waals surface area contributed by atoms with Crippen molar-refractivity contribution in [1.29, 1.82) is 0 Å². The van der Waals surface area contributed by atoms with Crippen LogP contribution in [0.2, 0.25) is 25.7 Å². The minimum atomic E-state index is -1.32. The van der Waals surface area contributed by atoms with Crippen LogP contribution in [0.5, 0.6) is 11.5 Å². The molecular formula is C41H39NO5Si. The van der Waals surface area contributed by atoms with Crippen LogP contribution in [0.1, 0.15) is 43.7 Å². The van der Waals surface area contributed by atoms with Crippen LogP contribution in [-0.4, -0.2) is 26.6 Å². The summed E-state index contributed by atoms with van der Waals surface area (Å²) in [7, 11) is -1.32. The Morgan fingerprint density at radius 2 is 1.31 bits per heavy atom. The SMILES string of the molecule is C[Si](C)(C)CCOC(=O)Cc1ccc2c(c1)Oc1cc(N(Cc3ccccc3)Cc3ccccc3)ccc1C21OC(=O)c2ccccc21. The summed E-state index contributed by atoms with van der Waals surface area (Å²) in [4.78, 5) is 28.5. The van der Waals surface area contributed by atoms with E-state index in [-0.39, 0.29) is 18.4 Å². The predicted molar refractivity (Wildman–Crippen MR) is 190 cm³/mol. The van der Waals surface area contributed by atoms with E-state index in [1.165, 1.54) is 11.1 Å². The standard InChI is InChI=1S/C41H39NO5Si/c1-48(2,3)23-22-45-39(43)25-31-18-20-35-37(24-31)46-38-26-32(19-21-36(38)41(35)34-17-11-10-16-33(34)40(44)47-41)42(27-29-12-6-4-7-13-29)28-30-14-8-5-9-15-30/h4-21,24,26H,22-23,25,27-28H2,1-3H3. The number of nitrogens with zero attached hydrogens (tertiary/aromatic N) is 1. The number of ether oxygens (including phenoxy) is 3. The van der Waals surface area contributed by atoms with Crippen molar-refractivity contribution in [3.05, 3.63) is 160 Å². The number of rotatable bonds is 10. The molecule has 5 aromatic rings. The highest BCUT2D eigenvalue weighted by molar-refractivity contribution is 6.76. The lowest BCUT2D eigenvalue weighted by Gasteiger charge is -2.37. The summed E-state index contributed by atoms with van der Waals surface area (Å²) < 4.78 is 18.7. The van der Waals surface area contributed by atoms with Crippen molar-refractivity contribution in [2.24, 2.45) is 0 Å². The summed E-state index contributed by atoms with van der Waals surface area (Å²) in [5.41, 5.74) is 5.73. The average molecular weight is 654 g/mol. The van der Waals surface area contributed by atoms with E-state index in [1.807, 2.05) is 66.7 Å². The van der Waals surface area contributed by atoms with Gasteiger partial charge in [0, 0.05) is 49.6 Å². The Bertz CT molecular complexity index is 1930. The lowest BCUT2D eigenvalue weighted by molar-refractivity contribution is -0.142. The van der Waals surface area contributed by atoms with E-state index in [4.69, 9.17) is 14.2 Å². The lowest BCUT2D eigenvalue weighted by atomic mass is 9.77. The summed E-state index contributed by atoms with van der Waals surface area (Å²) in [5.74, 6) is 0.509. The molecule has 0 amide bonds. The zero-order valence-corrected chi connectivity index (χ0v) is 28.6. The Hall–Kier alpha value is -5.14. The van der Waals surface area contributed by atoms with Crippen LogP contribution in [0.3, 0.4) is 0 Å². The summed E-state index contributed by atoms with van der Waals surface area (Å²) in [6.45, 7) is 8.60. The van der Waals surface area contributed by atoms with Gasteiger partial charge in [-0.05, 0) is 47.0 Å². The Morgan fingerprint density at radius 1 is 0.708 bits per heavy atom. The number of esters is 2. The van der Waals surface area contributed by atoms with Crippen molar-refractivity contribution in [3.63, 3.8) is 0 Å². The van der Waals surface area contributed by atoms with Gasteiger partial charge < -0.3 is 19.1 Å². The Kier molecular flexibility index (Phi) is 8.39. The third-order valence-corrected chi connectivity index (χ3v) is 10.7. The van der Waals surface area contributed by atoms with E-state index in [2.05, 4.69) is 79.1 Å². The topological polar surface area (TPSA) is 65.1 Å². The molecule has 48 heavy (non-hydrogen) atoms. The molecule has 0 aromatic heterocycles. The van der Waals surface area contributed by atoms with Crippen LogP contribution >= 0.6 is 0 Å². The fraction of sp³-hybridized carbons (Fsp3) is 0.220. The first-order valence-electron chi connectivity index (χ1n) is 16.5. The Morgan fingerprint density at radius 3 is 1.98 bits per heavy atom. The largest absolute Gasteiger partial charge is 0.466 e. The van der Waals surface area contributed by atoms with Gasteiger partial charge in [-0.2, -0.15) is 0 Å². The maximum atomic E-state index is 13.4. The van der Waals surface area contributed by atoms with Crippen molar-refractivity contribution in [3.8, 4) is 11.5 Å². The molecule has 7 heteroatoms. The Labute approximate surface area is 282 Å². The number of fused-ring (bicyclic) bond motifs is 6. The quantitative estimate of drug-likeness (QED) is 0.111. The highest BCUT2D eigenvalue weighted by Crippen LogP contribution is 2.56. The van der Waals surface area contributed by atoms with Gasteiger partial charge in [-0.1, -0.05) is 111 Å². The van der Waals surface area contributed by atoms with Crippen molar-refractivity contribution >= 4 is 25.7 Å². The van der Waals surface area contributed by atoms with Crippen LogP contribution in [0.4, 0.5) is 5.69 Å². The van der Waals surface area contributed by atoms with E-state index in [9.17, 15) is 9.59 Å². The van der Waals surface area contributed by atoms with Gasteiger partial charge in [-0.15, -0.1) is 0 Å². The molecule has 0 radical (unpaired) electrons. The molecule has 2 aliphatic heterocycles. The molecule has 5 aromatic carbocycles. The van der Waals surface area contributed by atoms with Gasteiger partial charge in [0.1, 0.15) is 11.5 Å². The second-order valence-electron chi connectivity index (χ2n) is 13.8. The molecule has 0 saturated heterocycles. The zero-order chi connectivity index (χ0) is 33.3. The van der Waals surface area contributed by atoms with Crippen molar-refractivity contribution in [2.45, 2.75) is 50.8 Å². The van der Waals surface area contributed by atoms with Crippen molar-refractivity contribution < 1.29 is 23.8 Å². The molecule has 7 rings (SSSR count). The monoisotopic (exact) mass is 653 g/mol. The second-order valence-corrected chi connectivity index (χ2v) is 19.4. The molecule has 1 atom stereocenters. The molecule has 2 heterocycles. The second kappa shape index (κ2) is 12.8. The van der Waals surface area contributed by atoms with Gasteiger partial charge in [0.05, 0.1) is 18.6 Å². The molecule has 0 bridgehead atoms. The normalized spacial score (nSPS) is 15.9. The van der Waals surface area contributed by atoms with Gasteiger partial charge >= 0.3 is 11.9 Å². The maximum absolute atomic E-state index is 13.4. The molecule has 0 fully saturated rings. The number of carbonyl (C=O) groups excluding carboxylic acids is 2. The minimum absolute atomic E-state index is 0.126. The molecule has 242 valence electrons. The smallest absolute Gasteiger partial charge is 0.340 e. The highest BCUT2D eigenvalue weighted by Gasteiger charge is 2.53. The fourth-order valence-electron chi connectivity index (χ4n) is 6.55. The van der Waals surface area contributed by atoms with Crippen molar-refractivity contribution in [1.82, 2.24) is 0 Å². The molecule has 0 saturated carbocycles. The van der Waals surface area contributed by atoms with Gasteiger partial charge in [-0.3, -0.25) is 4.79 Å². The fourth-order valence-corrected chi connectivity index (χ4v) is 7.27. The van der Waals surface area contributed by atoms with Crippen LogP contribution in [0.15, 0.2) is 121 Å². The van der Waals surface area contributed by atoms with E-state index in [0.29, 0.717) is 36.8 Å². The van der Waals surface area contributed by atoms with E-state index in [1.54, 1.807) is 0 Å². The number of anilines is 1. The van der Waals surface area contributed by atoms with E-state index >= 15 is 0 Å². The van der Waals surface area contributed by atoms with Gasteiger partial charge in [0.15, 0.2) is 5.60 Å². The summed E-state index contributed by atoms with van der Waals surface area (Å²) in [6, 6.07) is 41.1. The van der Waals surface area contributed by atoms with Gasteiger partial charge in [0.25, 0.3) is 0 Å². The minimum Gasteiger partial charge on any atom is -0.466 e. The first kappa shape index (κ1) is 31.5. The molecule has 6 nitrogen and oxygen atoms in total. The molecule has 1 spiro atoms. The zero-order valence-electron chi connectivity index (χ0n) is 27.6. The summed E-state index contributed by atoms with van der Waals surface area (Å²) in [5, 5.41) is 0. The first-order valence-corrected chi connectivity index (χ1v) is 20.2. The predicted octanol–water partition coefficient (Wildman–Crippen LogP) is 8.89.